The Labute approximate surface area is 390 Å². The van der Waals surface area contributed by atoms with E-state index in [0.29, 0.717) is 0 Å². The summed E-state index contributed by atoms with van der Waals surface area (Å²) in [5.74, 6) is 0. The van der Waals surface area contributed by atoms with Gasteiger partial charge in [0, 0.05) is 27.4 Å². The van der Waals surface area contributed by atoms with Crippen LogP contribution in [0.15, 0.2) is 192 Å². The average Bonchev–Trinajstić information content (AvgIpc) is 3.81. The predicted octanol–water partition coefficient (Wildman–Crippen LogP) is 18.7. The van der Waals surface area contributed by atoms with Gasteiger partial charge in [-0.1, -0.05) is 214 Å². The molecule has 0 radical (unpaired) electrons. The fourth-order valence-electron chi connectivity index (χ4n) is 11.1. The number of para-hydroxylation sites is 3. The van der Waals surface area contributed by atoms with Crippen LogP contribution in [0.3, 0.4) is 0 Å². The van der Waals surface area contributed by atoms with Gasteiger partial charge in [-0.2, -0.15) is 0 Å². The molecule has 2 nitrogen and oxygen atoms in total. The normalized spacial score (nSPS) is 16.9. The van der Waals surface area contributed by atoms with Crippen molar-refractivity contribution in [3.05, 3.63) is 204 Å². The lowest BCUT2D eigenvalue weighted by molar-refractivity contribution is 0.170. The summed E-state index contributed by atoms with van der Waals surface area (Å²) in [5.41, 5.74) is 19.1. The van der Waals surface area contributed by atoms with Gasteiger partial charge in [-0.15, -0.1) is 0 Å². The van der Waals surface area contributed by atoms with Gasteiger partial charge in [0.15, 0.2) is 5.58 Å². The SMILES string of the molecule is CC(C)(C)C1=CC(C)(C(C)(C)C)CC(c2cccc3cccc(-c4ccccc4N(c4cccc(-c5cccc6c5C(C)(C)c5ccccc5-6)c4)c4cccc5c4oc4ccccc45)c23)=C1. The molecule has 2 heteroatoms. The molecular formula is C64H59NO. The molecule has 0 bridgehead atoms. The van der Waals surface area contributed by atoms with Crippen LogP contribution in [0.5, 0.6) is 0 Å². The molecule has 0 spiro atoms. The van der Waals surface area contributed by atoms with E-state index in [4.69, 9.17) is 4.42 Å². The highest BCUT2D eigenvalue weighted by Gasteiger charge is 2.41. The van der Waals surface area contributed by atoms with E-state index in [1.165, 1.54) is 66.4 Å². The minimum absolute atomic E-state index is 0.00443. The van der Waals surface area contributed by atoms with Gasteiger partial charge in [0.2, 0.25) is 0 Å². The standard InChI is InChI=1S/C64H59NO/c1-61(2,3)44-37-43(39-64(9,40-44)62(4,5)6)46-28-17-21-41-22-18-30-51(58(41)46)49-26-11-14-34-55(49)65(56-35-20-32-53-50-27-12-15-36-57(50)66-60(53)56)45-24-16-23-42(38-45)47-29-19-31-52-48-25-10-13-33-54(48)63(7,8)59(47)52/h10-38,40H,39H2,1-9H3. The van der Waals surface area contributed by atoms with Crippen LogP contribution in [0.4, 0.5) is 17.1 Å². The highest BCUT2D eigenvalue weighted by atomic mass is 16.3. The summed E-state index contributed by atoms with van der Waals surface area (Å²) in [6, 6.07) is 62.7. The first-order chi connectivity index (χ1) is 31.6. The largest absolute Gasteiger partial charge is 0.454 e. The summed E-state index contributed by atoms with van der Waals surface area (Å²) >= 11 is 0. The molecule has 8 aromatic carbocycles. The summed E-state index contributed by atoms with van der Waals surface area (Å²) in [6.07, 6.45) is 6.04. The van der Waals surface area contributed by atoms with E-state index < -0.39 is 0 Å². The molecule has 66 heavy (non-hydrogen) atoms. The Balaban J connectivity index is 1.15. The smallest absolute Gasteiger partial charge is 0.159 e. The number of nitrogens with zero attached hydrogens (tertiary/aromatic N) is 1. The maximum atomic E-state index is 6.89. The van der Waals surface area contributed by atoms with Gasteiger partial charge >= 0.3 is 0 Å². The lowest BCUT2D eigenvalue weighted by Gasteiger charge is -2.45. The van der Waals surface area contributed by atoms with Gasteiger partial charge in [-0.25, -0.2) is 0 Å². The van der Waals surface area contributed by atoms with Crippen molar-refractivity contribution >= 4 is 55.3 Å². The van der Waals surface area contributed by atoms with Crippen LogP contribution < -0.4 is 4.90 Å². The zero-order valence-electron chi connectivity index (χ0n) is 39.9. The highest BCUT2D eigenvalue weighted by Crippen LogP contribution is 2.55. The van der Waals surface area contributed by atoms with Crippen molar-refractivity contribution < 1.29 is 4.42 Å². The van der Waals surface area contributed by atoms with Crippen LogP contribution >= 0.6 is 0 Å². The molecule has 326 valence electrons. The summed E-state index contributed by atoms with van der Waals surface area (Å²) in [5, 5.41) is 4.73. The molecule has 0 aliphatic heterocycles. The molecule has 0 saturated carbocycles. The van der Waals surface area contributed by atoms with Crippen molar-refractivity contribution in [1.29, 1.82) is 0 Å². The molecule has 9 aromatic rings. The van der Waals surface area contributed by atoms with Crippen LogP contribution in [0.2, 0.25) is 0 Å². The topological polar surface area (TPSA) is 16.4 Å². The lowest BCUT2D eigenvalue weighted by Crippen LogP contribution is -2.34. The Morgan fingerprint density at radius 3 is 1.92 bits per heavy atom. The molecular weight excluding hydrogens is 799 g/mol. The molecule has 1 heterocycles. The second-order valence-electron chi connectivity index (χ2n) is 21.6. The number of hydrogen-bond donors (Lipinski definition) is 0. The van der Waals surface area contributed by atoms with E-state index in [0.717, 1.165) is 51.0 Å². The number of furan rings is 1. The first kappa shape index (κ1) is 41.8. The van der Waals surface area contributed by atoms with Crippen LogP contribution in [-0.2, 0) is 5.41 Å². The molecule has 0 fully saturated rings. The fraction of sp³-hybridized carbons (Fsp3) is 0.219. The van der Waals surface area contributed by atoms with Crippen molar-refractivity contribution in [2.45, 2.75) is 74.1 Å². The van der Waals surface area contributed by atoms with Crippen LogP contribution in [-0.4, -0.2) is 0 Å². The summed E-state index contributed by atoms with van der Waals surface area (Å²) in [7, 11) is 0. The van der Waals surface area contributed by atoms with Crippen LogP contribution in [0.1, 0.15) is 85.4 Å². The number of fused-ring (bicyclic) bond motifs is 7. The molecule has 1 unspecified atom stereocenters. The van der Waals surface area contributed by atoms with Gasteiger partial charge < -0.3 is 9.32 Å². The second-order valence-corrected chi connectivity index (χ2v) is 21.6. The monoisotopic (exact) mass is 857 g/mol. The quantitative estimate of drug-likeness (QED) is 0.166. The van der Waals surface area contributed by atoms with Gasteiger partial charge in [0.1, 0.15) is 5.58 Å². The molecule has 2 aliphatic carbocycles. The number of anilines is 3. The number of allylic oxidation sites excluding steroid dienone is 4. The molecule has 1 atom stereocenters. The Morgan fingerprint density at radius 2 is 1.14 bits per heavy atom. The Morgan fingerprint density at radius 1 is 0.530 bits per heavy atom. The van der Waals surface area contributed by atoms with Crippen molar-refractivity contribution in [3.8, 4) is 33.4 Å². The molecule has 11 rings (SSSR count). The zero-order chi connectivity index (χ0) is 45.8. The molecule has 2 aliphatic rings. The number of hydrogen-bond acceptors (Lipinski definition) is 2. The van der Waals surface area contributed by atoms with E-state index in [2.05, 4.69) is 249 Å². The van der Waals surface area contributed by atoms with Gasteiger partial charge in [-0.05, 0) is 119 Å². The molecule has 1 aromatic heterocycles. The molecule has 0 saturated heterocycles. The third kappa shape index (κ3) is 6.59. The fourth-order valence-corrected chi connectivity index (χ4v) is 11.1. The maximum absolute atomic E-state index is 6.89. The Kier molecular flexibility index (Phi) is 9.54. The van der Waals surface area contributed by atoms with E-state index >= 15 is 0 Å². The first-order valence-electron chi connectivity index (χ1n) is 23.7. The number of rotatable bonds is 6. The minimum atomic E-state index is -0.154. The average molecular weight is 858 g/mol. The van der Waals surface area contributed by atoms with Crippen molar-refractivity contribution in [3.63, 3.8) is 0 Å². The van der Waals surface area contributed by atoms with Crippen molar-refractivity contribution in [2.75, 3.05) is 4.90 Å². The van der Waals surface area contributed by atoms with Gasteiger partial charge in [-0.3, -0.25) is 0 Å². The third-order valence-electron chi connectivity index (χ3n) is 15.2. The van der Waals surface area contributed by atoms with Crippen molar-refractivity contribution in [1.82, 2.24) is 0 Å². The van der Waals surface area contributed by atoms with Crippen LogP contribution in [0, 0.1) is 16.2 Å². The lowest BCUT2D eigenvalue weighted by atomic mass is 9.60. The maximum Gasteiger partial charge on any atom is 0.159 e. The minimum Gasteiger partial charge on any atom is -0.454 e. The number of benzene rings is 8. The van der Waals surface area contributed by atoms with E-state index in [-0.39, 0.29) is 21.7 Å². The summed E-state index contributed by atoms with van der Waals surface area (Å²) in [4.78, 5) is 2.45. The first-order valence-corrected chi connectivity index (χ1v) is 23.7. The predicted molar refractivity (Wildman–Crippen MR) is 282 cm³/mol. The molecule has 0 amide bonds. The van der Waals surface area contributed by atoms with E-state index in [9.17, 15) is 0 Å². The van der Waals surface area contributed by atoms with Gasteiger partial charge in [0.25, 0.3) is 0 Å². The van der Waals surface area contributed by atoms with Crippen molar-refractivity contribution in [2.24, 2.45) is 16.2 Å². The third-order valence-corrected chi connectivity index (χ3v) is 15.2. The second kappa shape index (κ2) is 15.1. The highest BCUT2D eigenvalue weighted by molar-refractivity contribution is 6.12. The zero-order valence-corrected chi connectivity index (χ0v) is 39.9. The van der Waals surface area contributed by atoms with Crippen LogP contribution in [0.25, 0.3) is 71.7 Å². The summed E-state index contributed by atoms with van der Waals surface area (Å²) < 4.78 is 6.89. The Hall–Kier alpha value is -6.90. The Bertz CT molecular complexity index is 3460. The van der Waals surface area contributed by atoms with Gasteiger partial charge in [0.05, 0.1) is 11.4 Å². The van der Waals surface area contributed by atoms with E-state index in [1.807, 2.05) is 0 Å². The molecule has 0 N–H and O–H groups in total. The summed E-state index contributed by atoms with van der Waals surface area (Å²) in [6.45, 7) is 21.5. The van der Waals surface area contributed by atoms with E-state index in [1.54, 1.807) is 0 Å².